The standard InChI is InChI=1S/C21H25ClFN3O2/c1-4-17(26-12(3)10-18(25)27)14-6-7-15(22)19(20(14)23)21(28)13-5-8-16(24)11(2)9-13/h5-9,12,17,26H,4,10,24H2,1-3H3,(H2,25,27)/t12-,17-/m1/s1/i1D3,4D2. The van der Waals surface area contributed by atoms with Crippen LogP contribution in [0.5, 0.6) is 0 Å². The van der Waals surface area contributed by atoms with E-state index in [-0.39, 0.29) is 17.0 Å². The Hall–Kier alpha value is -2.44. The average Bonchev–Trinajstić information content (AvgIpc) is 2.67. The summed E-state index contributed by atoms with van der Waals surface area (Å²) in [6.07, 6.45) is -3.23. The minimum absolute atomic E-state index is 0.102. The van der Waals surface area contributed by atoms with Crippen molar-refractivity contribution in [1.29, 1.82) is 0 Å². The molecule has 2 aromatic carbocycles. The van der Waals surface area contributed by atoms with E-state index in [9.17, 15) is 9.59 Å². The lowest BCUT2D eigenvalue weighted by Crippen LogP contribution is -2.34. The zero-order valence-electron chi connectivity index (χ0n) is 20.5. The first kappa shape index (κ1) is 15.5. The van der Waals surface area contributed by atoms with E-state index < -0.39 is 53.9 Å². The van der Waals surface area contributed by atoms with E-state index in [0.717, 1.165) is 6.07 Å². The summed E-state index contributed by atoms with van der Waals surface area (Å²) in [6.45, 7) is -0.0166. The fourth-order valence-corrected chi connectivity index (χ4v) is 3.05. The van der Waals surface area contributed by atoms with Crippen molar-refractivity contribution in [3.05, 3.63) is 63.4 Å². The number of ketones is 1. The number of nitrogens with one attached hydrogen (secondary N) is 1. The molecule has 0 radical (unpaired) electrons. The molecule has 150 valence electrons. The van der Waals surface area contributed by atoms with Crippen LogP contribution >= 0.6 is 11.6 Å². The molecule has 5 N–H and O–H groups in total. The van der Waals surface area contributed by atoms with E-state index in [1.54, 1.807) is 6.92 Å². The molecule has 28 heavy (non-hydrogen) atoms. The molecule has 1 amide bonds. The van der Waals surface area contributed by atoms with Crippen molar-refractivity contribution >= 4 is 29.0 Å². The topological polar surface area (TPSA) is 98.2 Å². The minimum atomic E-state index is -3.17. The Bertz CT molecular complexity index is 1080. The minimum Gasteiger partial charge on any atom is -0.399 e. The maximum Gasteiger partial charge on any atom is 0.218 e. The third-order valence-corrected chi connectivity index (χ3v) is 4.61. The van der Waals surface area contributed by atoms with Crippen LogP contribution in [-0.2, 0) is 4.79 Å². The Morgan fingerprint density at radius 1 is 1.36 bits per heavy atom. The molecule has 2 atom stereocenters. The number of nitrogen functional groups attached to an aromatic ring is 1. The van der Waals surface area contributed by atoms with Crippen LogP contribution < -0.4 is 16.8 Å². The van der Waals surface area contributed by atoms with Gasteiger partial charge in [0, 0.05) is 42.2 Å². The number of rotatable bonds is 8. The van der Waals surface area contributed by atoms with E-state index in [1.807, 2.05) is 0 Å². The van der Waals surface area contributed by atoms with Gasteiger partial charge >= 0.3 is 0 Å². The maximum absolute atomic E-state index is 15.7. The molecule has 0 aromatic heterocycles. The molecule has 2 rings (SSSR count). The van der Waals surface area contributed by atoms with Crippen molar-refractivity contribution in [2.75, 3.05) is 5.73 Å². The van der Waals surface area contributed by atoms with Crippen molar-refractivity contribution in [3.63, 3.8) is 0 Å². The first-order valence-corrected chi connectivity index (χ1v) is 8.88. The number of anilines is 1. The molecule has 0 aliphatic carbocycles. The Balaban J connectivity index is 2.66. The molecule has 0 saturated carbocycles. The Morgan fingerprint density at radius 2 is 2.07 bits per heavy atom. The van der Waals surface area contributed by atoms with E-state index >= 15 is 4.39 Å². The first-order chi connectivity index (χ1) is 15.1. The number of carbonyl (C=O) groups is 2. The molecule has 0 unspecified atom stereocenters. The van der Waals surface area contributed by atoms with Crippen molar-refractivity contribution in [2.24, 2.45) is 5.73 Å². The summed E-state index contributed by atoms with van der Waals surface area (Å²) in [4.78, 5) is 24.4. The summed E-state index contributed by atoms with van der Waals surface area (Å²) in [5.74, 6) is -2.66. The lowest BCUT2D eigenvalue weighted by atomic mass is 9.95. The monoisotopic (exact) mass is 410 g/mol. The van der Waals surface area contributed by atoms with Gasteiger partial charge in [-0.05, 0) is 50.0 Å². The second kappa shape index (κ2) is 9.17. The number of hydrogen-bond acceptors (Lipinski definition) is 4. The van der Waals surface area contributed by atoms with Crippen molar-refractivity contribution in [3.8, 4) is 0 Å². The van der Waals surface area contributed by atoms with E-state index in [1.165, 1.54) is 31.2 Å². The predicted molar refractivity (Wildman–Crippen MR) is 110 cm³/mol. The zero-order chi connectivity index (χ0) is 25.3. The lowest BCUT2D eigenvalue weighted by molar-refractivity contribution is -0.118. The SMILES string of the molecule is [2H]C([2H])([2H])C([2H])([2H])[C@@H](N[C@H](C)CC(N)=O)c1ccc(Cl)c(C(=O)c2ccc(N)c(C)c2)c1F. The van der Waals surface area contributed by atoms with Crippen LogP contribution in [0, 0.1) is 12.7 Å². The predicted octanol–water partition coefficient (Wildman–Crippen LogP) is 3.91. The van der Waals surface area contributed by atoms with Gasteiger partial charge in [0.05, 0.1) is 10.6 Å². The van der Waals surface area contributed by atoms with Gasteiger partial charge in [-0.25, -0.2) is 4.39 Å². The molecule has 0 fully saturated rings. The fourth-order valence-electron chi connectivity index (χ4n) is 2.82. The number of aryl methyl sites for hydroxylation is 1. The first-order valence-electron chi connectivity index (χ1n) is 11.0. The van der Waals surface area contributed by atoms with Crippen molar-refractivity contribution < 1.29 is 20.8 Å². The smallest absolute Gasteiger partial charge is 0.218 e. The van der Waals surface area contributed by atoms with Gasteiger partial charge in [-0.3, -0.25) is 9.59 Å². The summed E-state index contributed by atoms with van der Waals surface area (Å²) in [7, 11) is 0. The maximum atomic E-state index is 15.7. The van der Waals surface area contributed by atoms with Crippen molar-refractivity contribution in [1.82, 2.24) is 5.32 Å². The largest absolute Gasteiger partial charge is 0.399 e. The molecular formula is C21H25ClFN3O2. The molecule has 0 heterocycles. The second-order valence-electron chi connectivity index (χ2n) is 6.54. The van der Waals surface area contributed by atoms with Gasteiger partial charge in [-0.2, -0.15) is 0 Å². The van der Waals surface area contributed by atoms with E-state index in [4.69, 9.17) is 29.9 Å². The molecule has 0 aliphatic heterocycles. The number of amides is 1. The molecule has 0 bridgehead atoms. The summed E-state index contributed by atoms with van der Waals surface area (Å²) >= 11 is 6.13. The second-order valence-corrected chi connectivity index (χ2v) is 6.95. The van der Waals surface area contributed by atoms with Gasteiger partial charge in [0.2, 0.25) is 5.91 Å². The Kier molecular flexibility index (Phi) is 5.07. The molecule has 0 spiro atoms. The van der Waals surface area contributed by atoms with Gasteiger partial charge in [0.15, 0.2) is 5.78 Å². The van der Waals surface area contributed by atoms with Gasteiger partial charge in [-0.15, -0.1) is 0 Å². The van der Waals surface area contributed by atoms with Crippen molar-refractivity contribution in [2.45, 2.75) is 45.6 Å². The highest BCUT2D eigenvalue weighted by Crippen LogP contribution is 2.30. The summed E-state index contributed by atoms with van der Waals surface area (Å²) in [6, 6.07) is 4.12. The van der Waals surface area contributed by atoms with Crippen LogP contribution in [0.4, 0.5) is 10.1 Å². The van der Waals surface area contributed by atoms with Crippen LogP contribution in [0.25, 0.3) is 0 Å². The molecular weight excluding hydrogens is 381 g/mol. The van der Waals surface area contributed by atoms with Crippen LogP contribution in [0.1, 0.15) is 66.5 Å². The quantitative estimate of drug-likeness (QED) is 0.454. The summed E-state index contributed by atoms with van der Waals surface area (Å²) in [5, 5.41) is 2.42. The normalized spacial score (nSPS) is 16.8. The van der Waals surface area contributed by atoms with Gasteiger partial charge in [0.1, 0.15) is 5.82 Å². The summed E-state index contributed by atoms with van der Waals surface area (Å²) in [5.41, 5.74) is 11.1. The third-order valence-electron chi connectivity index (χ3n) is 4.29. The number of carbonyl (C=O) groups excluding carboxylic acids is 2. The van der Waals surface area contributed by atoms with E-state index in [0.29, 0.717) is 11.3 Å². The van der Waals surface area contributed by atoms with Gasteiger partial charge in [-0.1, -0.05) is 24.5 Å². The molecule has 0 saturated heterocycles. The van der Waals surface area contributed by atoms with Gasteiger partial charge in [0.25, 0.3) is 0 Å². The Labute approximate surface area is 176 Å². The van der Waals surface area contributed by atoms with Crippen LogP contribution in [-0.4, -0.2) is 17.7 Å². The zero-order valence-corrected chi connectivity index (χ0v) is 16.2. The lowest BCUT2D eigenvalue weighted by Gasteiger charge is -2.23. The Morgan fingerprint density at radius 3 is 2.68 bits per heavy atom. The third kappa shape index (κ3) is 4.88. The molecule has 5 nitrogen and oxygen atoms in total. The highest BCUT2D eigenvalue weighted by atomic mass is 35.5. The average molecular weight is 411 g/mol. The van der Waals surface area contributed by atoms with Crippen LogP contribution in [0.3, 0.4) is 0 Å². The number of nitrogens with two attached hydrogens (primary N) is 2. The van der Waals surface area contributed by atoms with Crippen LogP contribution in [0.15, 0.2) is 30.3 Å². The summed E-state index contributed by atoms with van der Waals surface area (Å²) < 4.78 is 55.0. The number of benzene rings is 2. The number of hydrogen-bond donors (Lipinski definition) is 3. The molecule has 7 heteroatoms. The number of halogens is 2. The highest BCUT2D eigenvalue weighted by Gasteiger charge is 2.25. The van der Waals surface area contributed by atoms with Gasteiger partial charge < -0.3 is 16.8 Å². The van der Waals surface area contributed by atoms with E-state index in [2.05, 4.69) is 5.32 Å². The molecule has 0 aliphatic rings. The highest BCUT2D eigenvalue weighted by molar-refractivity contribution is 6.35. The molecule has 2 aromatic rings. The number of primary amides is 1. The van der Waals surface area contributed by atoms with Crippen LogP contribution in [0.2, 0.25) is 5.02 Å². The fraction of sp³-hybridized carbons (Fsp3) is 0.333.